The SMILES string of the molecule is C#CCOC(=O)N1CCCN(c2cccc(C(=O)c3cccnc3C)n2)CC1. The monoisotopic (exact) mass is 378 g/mol. The number of ketones is 1. The minimum atomic E-state index is -0.399. The van der Waals surface area contributed by atoms with Gasteiger partial charge in [-0.3, -0.25) is 9.78 Å². The van der Waals surface area contributed by atoms with Crippen LogP contribution in [0.4, 0.5) is 10.6 Å². The fourth-order valence-corrected chi connectivity index (χ4v) is 3.11. The number of nitrogens with zero attached hydrogens (tertiary/aromatic N) is 4. The standard InChI is InChI=1S/C21H22N4O3/c1-3-15-28-21(27)25-12-6-11-24(13-14-25)19-9-4-8-18(23-19)20(26)17-7-5-10-22-16(17)2/h1,4-5,7-10H,6,11-15H2,2H3. The quantitative estimate of drug-likeness (QED) is 0.600. The zero-order valence-electron chi connectivity index (χ0n) is 15.8. The Balaban J connectivity index is 1.72. The van der Waals surface area contributed by atoms with Crippen LogP contribution in [0, 0.1) is 19.3 Å². The van der Waals surface area contributed by atoms with E-state index in [1.165, 1.54) is 0 Å². The molecule has 144 valence electrons. The van der Waals surface area contributed by atoms with Crippen LogP contribution < -0.4 is 4.90 Å². The largest absolute Gasteiger partial charge is 0.436 e. The van der Waals surface area contributed by atoms with Crippen LogP contribution in [0.1, 0.15) is 28.2 Å². The van der Waals surface area contributed by atoms with Crippen molar-refractivity contribution in [1.82, 2.24) is 14.9 Å². The second-order valence-corrected chi connectivity index (χ2v) is 6.43. The van der Waals surface area contributed by atoms with Crippen LogP contribution in [-0.2, 0) is 4.74 Å². The second-order valence-electron chi connectivity index (χ2n) is 6.43. The van der Waals surface area contributed by atoms with Gasteiger partial charge in [-0.2, -0.15) is 0 Å². The number of anilines is 1. The third kappa shape index (κ3) is 4.46. The van der Waals surface area contributed by atoms with Crippen LogP contribution in [0.5, 0.6) is 0 Å². The molecule has 0 spiro atoms. The van der Waals surface area contributed by atoms with E-state index in [-0.39, 0.29) is 12.4 Å². The van der Waals surface area contributed by atoms with Crippen LogP contribution in [0.3, 0.4) is 0 Å². The molecule has 1 saturated heterocycles. The summed E-state index contributed by atoms with van der Waals surface area (Å²) < 4.78 is 5.00. The van der Waals surface area contributed by atoms with E-state index in [4.69, 9.17) is 11.2 Å². The molecule has 1 aliphatic heterocycles. The molecule has 28 heavy (non-hydrogen) atoms. The van der Waals surface area contributed by atoms with Gasteiger partial charge in [-0.05, 0) is 37.6 Å². The van der Waals surface area contributed by atoms with Gasteiger partial charge in [-0.25, -0.2) is 9.78 Å². The number of ether oxygens (including phenoxy) is 1. The smallest absolute Gasteiger partial charge is 0.410 e. The number of terminal acetylenes is 1. The highest BCUT2D eigenvalue weighted by Gasteiger charge is 2.22. The number of carbonyl (C=O) groups excluding carboxylic acids is 2. The third-order valence-corrected chi connectivity index (χ3v) is 4.58. The molecule has 7 nitrogen and oxygen atoms in total. The summed E-state index contributed by atoms with van der Waals surface area (Å²) in [6.07, 6.45) is 7.16. The number of hydrogen-bond acceptors (Lipinski definition) is 6. The Labute approximate surface area is 164 Å². The molecule has 2 aromatic heterocycles. The highest BCUT2D eigenvalue weighted by Crippen LogP contribution is 2.17. The molecule has 7 heteroatoms. The van der Waals surface area contributed by atoms with Gasteiger partial charge in [0.2, 0.25) is 5.78 Å². The number of rotatable bonds is 4. The van der Waals surface area contributed by atoms with Crippen molar-refractivity contribution in [2.45, 2.75) is 13.3 Å². The molecule has 2 aromatic rings. The summed E-state index contributed by atoms with van der Waals surface area (Å²) in [7, 11) is 0. The first-order valence-corrected chi connectivity index (χ1v) is 9.13. The number of pyridine rings is 2. The molecule has 0 aromatic carbocycles. The second kappa shape index (κ2) is 9.00. The Morgan fingerprint density at radius 1 is 1.18 bits per heavy atom. The summed E-state index contributed by atoms with van der Waals surface area (Å²) in [5.74, 6) is 2.86. The molecule has 1 fully saturated rings. The van der Waals surface area contributed by atoms with Crippen LogP contribution in [0.15, 0.2) is 36.5 Å². The summed E-state index contributed by atoms with van der Waals surface area (Å²) in [6, 6.07) is 8.90. The van der Waals surface area contributed by atoms with Crippen LogP contribution in [-0.4, -0.2) is 59.5 Å². The summed E-state index contributed by atoms with van der Waals surface area (Å²) in [5, 5.41) is 0. The Bertz CT molecular complexity index is 907. The Hall–Kier alpha value is -3.40. The van der Waals surface area contributed by atoms with E-state index in [0.717, 1.165) is 13.0 Å². The fourth-order valence-electron chi connectivity index (χ4n) is 3.11. The van der Waals surface area contributed by atoms with E-state index in [9.17, 15) is 9.59 Å². The van der Waals surface area contributed by atoms with Crippen molar-refractivity contribution in [3.8, 4) is 12.3 Å². The van der Waals surface area contributed by atoms with Gasteiger partial charge in [0.1, 0.15) is 11.5 Å². The van der Waals surface area contributed by atoms with E-state index >= 15 is 0 Å². The van der Waals surface area contributed by atoms with E-state index in [1.54, 1.807) is 36.2 Å². The van der Waals surface area contributed by atoms with E-state index in [1.807, 2.05) is 12.1 Å². The van der Waals surface area contributed by atoms with Gasteiger partial charge in [-0.1, -0.05) is 12.0 Å². The lowest BCUT2D eigenvalue weighted by atomic mass is 10.1. The molecule has 0 bridgehead atoms. The summed E-state index contributed by atoms with van der Waals surface area (Å²) in [4.78, 5) is 37.3. The molecule has 0 aliphatic carbocycles. The van der Waals surface area contributed by atoms with Crippen LogP contribution >= 0.6 is 0 Å². The molecule has 0 atom stereocenters. The van der Waals surface area contributed by atoms with Gasteiger partial charge in [0.15, 0.2) is 6.61 Å². The number of aryl methyl sites for hydroxylation is 1. The number of carbonyl (C=O) groups is 2. The molecular formula is C21H22N4O3. The molecule has 0 unspecified atom stereocenters. The van der Waals surface area contributed by atoms with Crippen molar-refractivity contribution in [2.75, 3.05) is 37.7 Å². The summed E-state index contributed by atoms with van der Waals surface area (Å²) in [5.41, 5.74) is 1.60. The zero-order chi connectivity index (χ0) is 19.9. The summed E-state index contributed by atoms with van der Waals surface area (Å²) in [6.45, 7) is 4.20. The Kier molecular flexibility index (Phi) is 6.22. The maximum Gasteiger partial charge on any atom is 0.410 e. The van der Waals surface area contributed by atoms with Crippen molar-refractivity contribution in [3.05, 3.63) is 53.5 Å². The van der Waals surface area contributed by atoms with Crippen molar-refractivity contribution in [2.24, 2.45) is 0 Å². The molecule has 0 N–H and O–H groups in total. The van der Waals surface area contributed by atoms with Crippen LogP contribution in [0.25, 0.3) is 0 Å². The van der Waals surface area contributed by atoms with Crippen molar-refractivity contribution >= 4 is 17.7 Å². The number of hydrogen-bond donors (Lipinski definition) is 0. The van der Waals surface area contributed by atoms with Gasteiger partial charge < -0.3 is 14.5 Å². The van der Waals surface area contributed by atoms with Crippen LogP contribution in [0.2, 0.25) is 0 Å². The van der Waals surface area contributed by atoms with Gasteiger partial charge >= 0.3 is 6.09 Å². The molecular weight excluding hydrogens is 356 g/mol. The molecule has 0 radical (unpaired) electrons. The first-order valence-electron chi connectivity index (χ1n) is 9.13. The van der Waals surface area contributed by atoms with E-state index in [2.05, 4.69) is 20.8 Å². The molecule has 3 rings (SSSR count). The topological polar surface area (TPSA) is 75.6 Å². The average molecular weight is 378 g/mol. The lowest BCUT2D eigenvalue weighted by Gasteiger charge is -2.22. The van der Waals surface area contributed by atoms with Gasteiger partial charge in [0.05, 0.1) is 0 Å². The first-order chi connectivity index (χ1) is 13.6. The van der Waals surface area contributed by atoms with Gasteiger partial charge in [-0.15, -0.1) is 6.42 Å². The highest BCUT2D eigenvalue weighted by atomic mass is 16.6. The average Bonchev–Trinajstić information content (AvgIpc) is 2.98. The fraction of sp³-hybridized carbons (Fsp3) is 0.333. The predicted octanol–water partition coefficient (Wildman–Crippen LogP) is 2.30. The minimum Gasteiger partial charge on any atom is -0.436 e. The Morgan fingerprint density at radius 3 is 2.82 bits per heavy atom. The maximum atomic E-state index is 12.8. The minimum absolute atomic E-state index is 0.0292. The Morgan fingerprint density at radius 2 is 2.04 bits per heavy atom. The first kappa shape index (κ1) is 19.4. The van der Waals surface area contributed by atoms with E-state index in [0.29, 0.717) is 42.4 Å². The van der Waals surface area contributed by atoms with Crippen molar-refractivity contribution in [3.63, 3.8) is 0 Å². The molecule has 0 saturated carbocycles. The molecule has 3 heterocycles. The van der Waals surface area contributed by atoms with E-state index < -0.39 is 6.09 Å². The molecule has 1 aliphatic rings. The van der Waals surface area contributed by atoms with Gasteiger partial charge in [0, 0.05) is 43.6 Å². The zero-order valence-corrected chi connectivity index (χ0v) is 15.8. The number of amides is 1. The normalized spacial score (nSPS) is 14.1. The predicted molar refractivity (Wildman–Crippen MR) is 105 cm³/mol. The maximum absolute atomic E-state index is 12.8. The molecule has 1 amide bonds. The van der Waals surface area contributed by atoms with Crippen molar-refractivity contribution in [1.29, 1.82) is 0 Å². The van der Waals surface area contributed by atoms with Crippen molar-refractivity contribution < 1.29 is 14.3 Å². The summed E-state index contributed by atoms with van der Waals surface area (Å²) >= 11 is 0. The lowest BCUT2D eigenvalue weighted by Crippen LogP contribution is -2.35. The lowest BCUT2D eigenvalue weighted by molar-refractivity contribution is 0.103. The van der Waals surface area contributed by atoms with Gasteiger partial charge in [0.25, 0.3) is 0 Å². The highest BCUT2D eigenvalue weighted by molar-refractivity contribution is 6.08. The third-order valence-electron chi connectivity index (χ3n) is 4.58. The number of aromatic nitrogens is 2.